The van der Waals surface area contributed by atoms with Crippen molar-refractivity contribution in [2.24, 2.45) is 5.92 Å². The van der Waals surface area contributed by atoms with E-state index in [1.165, 1.54) is 51.4 Å². The van der Waals surface area contributed by atoms with Crippen LogP contribution in [-0.2, 0) is 14.3 Å². The third-order valence-corrected chi connectivity index (χ3v) is 8.81. The Labute approximate surface area is 358 Å². The number of amides is 1. The van der Waals surface area contributed by atoms with E-state index in [4.69, 9.17) is 9.47 Å². The molecule has 0 aromatic carbocycles. The normalized spacial score (nSPS) is 17.8. The fourth-order valence-electron chi connectivity index (χ4n) is 5.43. The molecule has 1 rings (SSSR count). The minimum absolute atomic E-state index is 0.237. The highest BCUT2D eigenvalue weighted by Gasteiger charge is 2.44. The van der Waals surface area contributed by atoms with Crippen LogP contribution >= 0.6 is 0 Å². The van der Waals surface area contributed by atoms with Gasteiger partial charge in [-0.2, -0.15) is 0 Å². The highest BCUT2D eigenvalue weighted by Crippen LogP contribution is 2.24. The van der Waals surface area contributed by atoms with Gasteiger partial charge >= 0.3 is 0 Å². The van der Waals surface area contributed by atoms with Gasteiger partial charge in [-0.3, -0.25) is 4.79 Å². The average Bonchev–Trinajstić information content (AvgIpc) is 3.25. The van der Waals surface area contributed by atoms with E-state index in [-0.39, 0.29) is 6.61 Å². The Kier molecular flexibility index (Phi) is 31.2. The molecular weight excluding hydrogens is 755 g/mol. The fourth-order valence-corrected chi connectivity index (χ4v) is 5.43. The van der Waals surface area contributed by atoms with Gasteiger partial charge in [0.05, 0.1) is 25.4 Å². The zero-order chi connectivity index (χ0) is 43.9. The molecular formula is C51H53NO8. The number of carbonyl (C=O) groups excluding carboxylic acids is 1. The molecule has 0 aromatic rings. The van der Waals surface area contributed by atoms with Crippen LogP contribution in [0.25, 0.3) is 0 Å². The summed E-state index contributed by atoms with van der Waals surface area (Å²) in [4.78, 5) is 12.8. The number of hydrogen-bond donors (Lipinski definition) is 6. The topological polar surface area (TPSA) is 149 Å². The largest absolute Gasteiger partial charge is 0.394 e. The molecule has 0 aliphatic carbocycles. The third-order valence-electron chi connectivity index (χ3n) is 8.81. The molecule has 1 saturated heterocycles. The summed E-state index contributed by atoms with van der Waals surface area (Å²) in [6.07, 6.45) is 6.68. The first-order valence-corrected chi connectivity index (χ1v) is 20.1. The van der Waals surface area contributed by atoms with Gasteiger partial charge in [0.1, 0.15) is 24.4 Å². The predicted molar refractivity (Wildman–Crippen MR) is 232 cm³/mol. The second kappa shape index (κ2) is 36.0. The van der Waals surface area contributed by atoms with Crippen LogP contribution in [0, 0.1) is 148 Å². The summed E-state index contributed by atoms with van der Waals surface area (Å²) in [6, 6.07) is -0.788. The molecule has 9 nitrogen and oxygen atoms in total. The van der Waals surface area contributed by atoms with Crippen LogP contribution in [0.2, 0.25) is 0 Å². The first-order chi connectivity index (χ1) is 29.3. The van der Waals surface area contributed by atoms with Crippen molar-refractivity contribution in [2.45, 2.75) is 147 Å². The van der Waals surface area contributed by atoms with Gasteiger partial charge in [-0.05, 0) is 108 Å². The molecule has 6 N–H and O–H groups in total. The Bertz CT molecular complexity index is 2140. The fraction of sp³-hybridized carbons (Fsp3) is 0.510. The zero-order valence-electron chi connectivity index (χ0n) is 34.7. The molecule has 1 fully saturated rings. The van der Waals surface area contributed by atoms with Crippen molar-refractivity contribution in [3.63, 3.8) is 0 Å². The smallest absolute Gasteiger partial charge is 0.297 e. The van der Waals surface area contributed by atoms with Gasteiger partial charge in [-0.1, -0.05) is 96.8 Å². The summed E-state index contributed by atoms with van der Waals surface area (Å²) in [6.45, 7) is 4.81. The third kappa shape index (κ3) is 26.0. The molecule has 60 heavy (non-hydrogen) atoms. The van der Waals surface area contributed by atoms with Gasteiger partial charge in [-0.15, -0.1) is 0 Å². The van der Waals surface area contributed by atoms with Crippen LogP contribution in [0.5, 0.6) is 0 Å². The lowest BCUT2D eigenvalue weighted by molar-refractivity contribution is -0.302. The van der Waals surface area contributed by atoms with Gasteiger partial charge in [0.15, 0.2) is 6.29 Å². The van der Waals surface area contributed by atoms with E-state index in [9.17, 15) is 30.3 Å². The molecule has 0 spiro atoms. The standard InChI is InChI=1S/C51H53NO8/c1-4-6-8-10-12-14-16-18-19-20-21-22-23-24-25-26-27-28-30-32-34-36-38-40-47(55)52-44(42-59-51-50(58)49(57)48(56)46(41-53)60-51)43(3)45(54)39-37-35-33-31-29-17-15-13-11-9-7-5-2/h43-46,48-51,53-54,56-58H,5,7,9,11,13,15,17,29,31,33,35,37,39,41-42H2,1-3H3,(H,52,55)/t43-,44-,45+,46?,48?,49?,50?,51?/m0/s1. The molecule has 9 heteroatoms. The van der Waals surface area contributed by atoms with Crippen molar-refractivity contribution < 1.29 is 39.8 Å². The molecule has 0 radical (unpaired) electrons. The van der Waals surface area contributed by atoms with E-state index in [2.05, 4.69) is 154 Å². The Balaban J connectivity index is 2.73. The molecule has 1 aliphatic rings. The second-order valence-electron chi connectivity index (χ2n) is 13.3. The summed E-state index contributed by atoms with van der Waals surface area (Å²) in [5.41, 5.74) is 0. The number of carbonyl (C=O) groups is 1. The Morgan fingerprint density at radius 2 is 1.00 bits per heavy atom. The molecule has 8 atom stereocenters. The van der Waals surface area contributed by atoms with Crippen molar-refractivity contribution in [2.75, 3.05) is 13.2 Å². The Morgan fingerprint density at radius 1 is 0.600 bits per heavy atom. The van der Waals surface area contributed by atoms with Crippen molar-refractivity contribution in [3.05, 3.63) is 0 Å². The summed E-state index contributed by atoms with van der Waals surface area (Å²) < 4.78 is 11.2. The van der Waals surface area contributed by atoms with Crippen molar-refractivity contribution in [1.29, 1.82) is 0 Å². The van der Waals surface area contributed by atoms with Crippen LogP contribution in [0.4, 0.5) is 0 Å². The summed E-state index contributed by atoms with van der Waals surface area (Å²) in [7, 11) is 0. The predicted octanol–water partition coefficient (Wildman–Crippen LogP) is 2.44. The lowest BCUT2D eigenvalue weighted by Gasteiger charge is -2.40. The second-order valence-corrected chi connectivity index (χ2v) is 13.3. The monoisotopic (exact) mass is 807 g/mol. The van der Waals surface area contributed by atoms with Crippen LogP contribution in [-0.4, -0.2) is 87.5 Å². The molecule has 1 aliphatic heterocycles. The average molecular weight is 808 g/mol. The summed E-state index contributed by atoms with van der Waals surface area (Å²) >= 11 is 0. The lowest BCUT2D eigenvalue weighted by atomic mass is 9.92. The van der Waals surface area contributed by atoms with Crippen molar-refractivity contribution in [1.82, 2.24) is 5.32 Å². The van der Waals surface area contributed by atoms with E-state index in [0.717, 1.165) is 25.7 Å². The highest BCUT2D eigenvalue weighted by atomic mass is 16.7. The SMILES string of the molecule is CC#CC#CC#CC#CC#CC#CC#CC#CC#CC#CC#CC#CC(=O)N[C@@H](COC1OC(CO)C(O)C(O)C1O)[C@H](C)[C@H](O)CCCCCCCCCCCCCC. The maximum atomic E-state index is 12.8. The lowest BCUT2D eigenvalue weighted by Crippen LogP contribution is -2.60. The Morgan fingerprint density at radius 3 is 1.42 bits per heavy atom. The van der Waals surface area contributed by atoms with Crippen LogP contribution in [0.1, 0.15) is 104 Å². The van der Waals surface area contributed by atoms with E-state index in [1.54, 1.807) is 13.8 Å². The quantitative estimate of drug-likeness (QED) is 0.0813. The van der Waals surface area contributed by atoms with Crippen molar-refractivity contribution in [3.8, 4) is 142 Å². The van der Waals surface area contributed by atoms with E-state index in [0.29, 0.717) is 6.42 Å². The summed E-state index contributed by atoms with van der Waals surface area (Å²) in [5, 5.41) is 54.0. The Hall–Kier alpha value is -6.09. The van der Waals surface area contributed by atoms with Crippen molar-refractivity contribution >= 4 is 5.91 Å². The van der Waals surface area contributed by atoms with Gasteiger partial charge in [-0.25, -0.2) is 0 Å². The van der Waals surface area contributed by atoms with Gasteiger partial charge in [0.2, 0.25) is 0 Å². The van der Waals surface area contributed by atoms with Gasteiger partial charge in [0, 0.05) is 47.4 Å². The maximum absolute atomic E-state index is 12.8. The zero-order valence-corrected chi connectivity index (χ0v) is 34.7. The first-order valence-electron chi connectivity index (χ1n) is 20.1. The number of rotatable bonds is 20. The summed E-state index contributed by atoms with van der Waals surface area (Å²) in [5.74, 6) is 58.7. The number of aliphatic hydroxyl groups is 5. The van der Waals surface area contributed by atoms with Crippen LogP contribution in [0.3, 0.4) is 0 Å². The minimum Gasteiger partial charge on any atom is -0.394 e. The maximum Gasteiger partial charge on any atom is 0.297 e. The molecule has 5 unspecified atom stereocenters. The number of hydrogen-bond acceptors (Lipinski definition) is 8. The minimum atomic E-state index is -1.63. The van der Waals surface area contributed by atoms with E-state index < -0.39 is 61.3 Å². The first kappa shape index (κ1) is 51.9. The van der Waals surface area contributed by atoms with E-state index in [1.807, 2.05) is 0 Å². The number of unbranched alkanes of at least 4 members (excludes halogenated alkanes) is 11. The van der Waals surface area contributed by atoms with Crippen LogP contribution < -0.4 is 5.32 Å². The molecule has 1 amide bonds. The molecule has 1 heterocycles. The number of nitrogens with one attached hydrogen (secondary N) is 1. The van der Waals surface area contributed by atoms with E-state index >= 15 is 0 Å². The number of ether oxygens (including phenoxy) is 2. The number of aliphatic hydroxyl groups excluding tert-OH is 5. The molecule has 310 valence electrons. The molecule has 0 bridgehead atoms. The van der Waals surface area contributed by atoms with Gasteiger partial charge in [0.25, 0.3) is 5.91 Å². The molecule has 0 saturated carbocycles. The van der Waals surface area contributed by atoms with Crippen LogP contribution in [0.15, 0.2) is 0 Å². The highest BCUT2D eigenvalue weighted by molar-refractivity contribution is 5.94. The molecule has 0 aromatic heterocycles. The van der Waals surface area contributed by atoms with Gasteiger partial charge < -0.3 is 40.3 Å².